The van der Waals surface area contributed by atoms with Crippen LogP contribution in [0.3, 0.4) is 0 Å². The van der Waals surface area contributed by atoms with E-state index in [4.69, 9.17) is 14.2 Å². The summed E-state index contributed by atoms with van der Waals surface area (Å²) in [5.41, 5.74) is 0.962. The van der Waals surface area contributed by atoms with Crippen LogP contribution in [0, 0.1) is 0 Å². The van der Waals surface area contributed by atoms with E-state index in [1.165, 1.54) is 0 Å². The molecule has 1 N–H and O–H groups in total. The van der Waals surface area contributed by atoms with Gasteiger partial charge < -0.3 is 19.5 Å². The molecule has 0 heterocycles. The summed E-state index contributed by atoms with van der Waals surface area (Å²) in [7, 11) is 1.61. The fraction of sp³-hybridized carbons (Fsp3) is 0.588. The average molecular weight is 315 g/mol. The van der Waals surface area contributed by atoms with E-state index in [0.717, 1.165) is 5.56 Å². The van der Waals surface area contributed by atoms with Gasteiger partial charge in [0.25, 0.3) is 0 Å². The van der Waals surface area contributed by atoms with Gasteiger partial charge in [0.05, 0.1) is 19.8 Å². The third-order valence-corrected chi connectivity index (χ3v) is 2.16. The van der Waals surface area contributed by atoms with Crippen molar-refractivity contribution < 1.29 is 20.4 Å². The van der Waals surface area contributed by atoms with Crippen molar-refractivity contribution in [2.45, 2.75) is 34.3 Å². The van der Waals surface area contributed by atoms with Crippen LogP contribution in [-0.4, -0.2) is 39.6 Å². The van der Waals surface area contributed by atoms with Crippen LogP contribution in [-0.2, 0) is 20.8 Å². The molecule has 0 atom stereocenters. The van der Waals surface area contributed by atoms with Gasteiger partial charge in [-0.1, -0.05) is 58.0 Å². The number of nitrogens with one attached hydrogen (secondary N) is 1. The van der Waals surface area contributed by atoms with Crippen molar-refractivity contribution >= 4 is 6.09 Å². The minimum Gasteiger partial charge on any atom is -0.445 e. The van der Waals surface area contributed by atoms with Crippen molar-refractivity contribution in [2.75, 3.05) is 33.5 Å². The highest BCUT2D eigenvalue weighted by molar-refractivity contribution is 5.67. The Morgan fingerprint density at radius 1 is 1.05 bits per heavy atom. The van der Waals surface area contributed by atoms with Gasteiger partial charge in [0.15, 0.2) is 0 Å². The Labute approximate surface area is 136 Å². The third-order valence-electron chi connectivity index (χ3n) is 2.16. The standard InChI is InChI=1S/C13H19NO4.2C2H6.H2/c1-16-9-10-17-8-7-14-13(15)18-11-12-5-3-2-4-6-12;2*1-2;/h2-6H,7-11H2,1H3,(H,14,15);2*1-2H3;1H. The van der Waals surface area contributed by atoms with Crippen molar-refractivity contribution in [3.63, 3.8) is 0 Å². The smallest absolute Gasteiger partial charge is 0.407 e. The summed E-state index contributed by atoms with van der Waals surface area (Å²) < 4.78 is 15.0. The van der Waals surface area contributed by atoms with Gasteiger partial charge >= 0.3 is 6.09 Å². The lowest BCUT2D eigenvalue weighted by Gasteiger charge is -2.07. The van der Waals surface area contributed by atoms with Gasteiger partial charge in [-0.15, -0.1) is 0 Å². The van der Waals surface area contributed by atoms with Crippen LogP contribution < -0.4 is 5.32 Å². The lowest BCUT2D eigenvalue weighted by molar-refractivity contribution is 0.0703. The summed E-state index contributed by atoms with van der Waals surface area (Å²) in [5, 5.41) is 2.60. The normalized spacial score (nSPS) is 8.77. The highest BCUT2D eigenvalue weighted by atomic mass is 16.5. The molecule has 0 radical (unpaired) electrons. The first-order chi connectivity index (χ1) is 10.8. The lowest BCUT2D eigenvalue weighted by Crippen LogP contribution is -2.28. The summed E-state index contributed by atoms with van der Waals surface area (Å²) in [6.45, 7) is 10.2. The monoisotopic (exact) mass is 315 g/mol. The fourth-order valence-electron chi connectivity index (χ4n) is 1.24. The predicted molar refractivity (Wildman–Crippen MR) is 92.1 cm³/mol. The summed E-state index contributed by atoms with van der Waals surface area (Å²) >= 11 is 0. The van der Waals surface area contributed by atoms with E-state index in [1.54, 1.807) is 7.11 Å². The average Bonchev–Trinajstić information content (AvgIpc) is 2.60. The maximum Gasteiger partial charge on any atom is 0.407 e. The van der Waals surface area contributed by atoms with E-state index in [9.17, 15) is 4.79 Å². The van der Waals surface area contributed by atoms with Gasteiger partial charge in [-0.2, -0.15) is 0 Å². The molecule has 0 aliphatic carbocycles. The molecule has 1 aromatic rings. The number of hydrogen-bond acceptors (Lipinski definition) is 4. The molecule has 0 saturated carbocycles. The van der Waals surface area contributed by atoms with Crippen molar-refractivity contribution in [1.82, 2.24) is 5.32 Å². The number of ether oxygens (including phenoxy) is 3. The number of carbonyl (C=O) groups is 1. The molecule has 0 unspecified atom stereocenters. The van der Waals surface area contributed by atoms with Crippen molar-refractivity contribution in [2.24, 2.45) is 0 Å². The largest absolute Gasteiger partial charge is 0.445 e. The zero-order valence-electron chi connectivity index (χ0n) is 14.6. The second-order valence-corrected chi connectivity index (χ2v) is 3.59. The molecule has 0 saturated heterocycles. The number of alkyl carbamates (subject to hydrolysis) is 1. The Hall–Kier alpha value is -1.59. The first-order valence-electron chi connectivity index (χ1n) is 7.84. The van der Waals surface area contributed by atoms with E-state index in [0.29, 0.717) is 26.4 Å². The van der Waals surface area contributed by atoms with Crippen LogP contribution in [0.25, 0.3) is 0 Å². The maximum atomic E-state index is 11.3. The van der Waals surface area contributed by atoms with Gasteiger partial charge in [-0.05, 0) is 5.56 Å². The molecule has 5 nitrogen and oxygen atoms in total. The zero-order valence-corrected chi connectivity index (χ0v) is 14.6. The Morgan fingerprint density at radius 3 is 2.27 bits per heavy atom. The Kier molecular flexibility index (Phi) is 20.0. The molecule has 0 fully saturated rings. The number of methoxy groups -OCH3 is 1. The second kappa shape index (κ2) is 19.4. The SMILES string of the molecule is CC.CC.COCCOCCNC(=O)OCc1ccccc1.[HH]. The molecule has 1 rings (SSSR count). The molecule has 130 valence electrons. The topological polar surface area (TPSA) is 56.8 Å². The van der Waals surface area contributed by atoms with Crippen LogP contribution in [0.1, 0.15) is 34.7 Å². The minimum atomic E-state index is -0.436. The molecule has 0 spiro atoms. The van der Waals surface area contributed by atoms with Gasteiger partial charge in [0, 0.05) is 15.1 Å². The number of carbonyl (C=O) groups excluding carboxylic acids is 1. The Balaban J connectivity index is -0.000000739. The van der Waals surface area contributed by atoms with Crippen LogP contribution in [0.4, 0.5) is 4.79 Å². The number of amides is 1. The van der Waals surface area contributed by atoms with Crippen LogP contribution in [0.5, 0.6) is 0 Å². The van der Waals surface area contributed by atoms with Gasteiger partial charge in [-0.25, -0.2) is 4.79 Å². The molecule has 22 heavy (non-hydrogen) atoms. The van der Waals surface area contributed by atoms with E-state index < -0.39 is 6.09 Å². The Morgan fingerprint density at radius 2 is 1.68 bits per heavy atom. The maximum absolute atomic E-state index is 11.3. The molecule has 5 heteroatoms. The van der Waals surface area contributed by atoms with Crippen LogP contribution >= 0.6 is 0 Å². The second-order valence-electron chi connectivity index (χ2n) is 3.59. The number of benzene rings is 1. The van der Waals surface area contributed by atoms with E-state index in [2.05, 4.69) is 5.32 Å². The molecule has 0 aromatic heterocycles. The highest BCUT2D eigenvalue weighted by Crippen LogP contribution is 2.00. The minimum absolute atomic E-state index is 0. The van der Waals surface area contributed by atoms with Gasteiger partial charge in [-0.3, -0.25) is 0 Å². The number of hydrogen-bond donors (Lipinski definition) is 1. The van der Waals surface area contributed by atoms with E-state index in [1.807, 2.05) is 58.0 Å². The van der Waals surface area contributed by atoms with Gasteiger partial charge in [0.1, 0.15) is 6.61 Å². The summed E-state index contributed by atoms with van der Waals surface area (Å²) in [4.78, 5) is 11.3. The molecule has 0 bridgehead atoms. The zero-order chi connectivity index (χ0) is 17.1. The highest BCUT2D eigenvalue weighted by Gasteiger charge is 2.01. The van der Waals surface area contributed by atoms with E-state index in [-0.39, 0.29) is 8.03 Å². The number of rotatable bonds is 8. The lowest BCUT2D eigenvalue weighted by atomic mass is 10.2. The first kappa shape index (κ1) is 22.7. The molecule has 1 amide bonds. The van der Waals surface area contributed by atoms with Crippen molar-refractivity contribution in [1.29, 1.82) is 0 Å². The van der Waals surface area contributed by atoms with Gasteiger partial charge in [0.2, 0.25) is 0 Å². The van der Waals surface area contributed by atoms with E-state index >= 15 is 0 Å². The summed E-state index contributed by atoms with van der Waals surface area (Å²) in [5.74, 6) is 0. The molecular weight excluding hydrogens is 282 g/mol. The summed E-state index contributed by atoms with van der Waals surface area (Å²) in [6, 6.07) is 9.53. The first-order valence-corrected chi connectivity index (χ1v) is 7.84. The van der Waals surface area contributed by atoms with Crippen LogP contribution in [0.2, 0.25) is 0 Å². The molecule has 0 aliphatic heterocycles. The quantitative estimate of drug-likeness (QED) is 0.740. The van der Waals surface area contributed by atoms with Crippen molar-refractivity contribution in [3.05, 3.63) is 35.9 Å². The fourth-order valence-corrected chi connectivity index (χ4v) is 1.24. The predicted octanol–water partition coefficient (Wildman–Crippen LogP) is 3.87. The summed E-state index contributed by atoms with van der Waals surface area (Å²) in [6.07, 6.45) is -0.436. The molecular formula is C17H33NO4. The van der Waals surface area contributed by atoms with Crippen molar-refractivity contribution in [3.8, 4) is 0 Å². The molecule has 0 aliphatic rings. The Bertz CT molecular complexity index is 337. The third kappa shape index (κ3) is 14.8. The van der Waals surface area contributed by atoms with Crippen LogP contribution in [0.15, 0.2) is 30.3 Å². The molecule has 1 aromatic carbocycles.